The van der Waals surface area contributed by atoms with Gasteiger partial charge in [-0.3, -0.25) is 9.59 Å². The number of hydrogen-bond acceptors (Lipinski definition) is 4. The van der Waals surface area contributed by atoms with Crippen LogP contribution in [0.3, 0.4) is 0 Å². The lowest BCUT2D eigenvalue weighted by Crippen LogP contribution is -2.19. The van der Waals surface area contributed by atoms with Crippen molar-refractivity contribution in [2.24, 2.45) is 11.8 Å². The van der Waals surface area contributed by atoms with Crippen LogP contribution in [0, 0.1) is 11.8 Å². The molecule has 4 heteroatoms. The maximum absolute atomic E-state index is 12.8. The number of ketones is 2. The lowest BCUT2D eigenvalue weighted by molar-refractivity contribution is -0.118. The first-order valence-corrected chi connectivity index (χ1v) is 12.8. The summed E-state index contributed by atoms with van der Waals surface area (Å²) >= 11 is 0. The fourth-order valence-electron chi connectivity index (χ4n) is 5.81. The van der Waals surface area contributed by atoms with Gasteiger partial charge in [0.1, 0.15) is 17.3 Å². The Hall–Kier alpha value is -3.66. The molecule has 2 aromatic rings. The van der Waals surface area contributed by atoms with Gasteiger partial charge in [-0.1, -0.05) is 61.2 Å². The summed E-state index contributed by atoms with van der Waals surface area (Å²) in [5.41, 5.74) is 6.42. The van der Waals surface area contributed by atoms with E-state index in [1.54, 1.807) is 6.08 Å². The van der Waals surface area contributed by atoms with Crippen molar-refractivity contribution in [3.05, 3.63) is 112 Å². The Labute approximate surface area is 212 Å². The minimum Gasteiger partial charge on any atom is -0.512 e. The molecule has 36 heavy (non-hydrogen) atoms. The van der Waals surface area contributed by atoms with Crippen molar-refractivity contribution in [3.8, 4) is 0 Å². The van der Waals surface area contributed by atoms with Crippen LogP contribution in [0.2, 0.25) is 0 Å². The lowest BCUT2D eigenvalue weighted by atomic mass is 9.79. The second kappa shape index (κ2) is 10.1. The number of aliphatic hydroxyl groups is 2. The number of Topliss-reactive ketones (excluding diaryl/α,β-unsaturated/α-hetero) is 2. The van der Waals surface area contributed by atoms with Crippen LogP contribution in [0.25, 0.3) is 5.57 Å². The van der Waals surface area contributed by atoms with Crippen molar-refractivity contribution in [3.63, 3.8) is 0 Å². The molecule has 0 saturated heterocycles. The highest BCUT2D eigenvalue weighted by molar-refractivity contribution is 6.06. The van der Waals surface area contributed by atoms with Crippen LogP contribution < -0.4 is 0 Å². The molecule has 0 spiro atoms. The quantitative estimate of drug-likeness (QED) is 0.425. The van der Waals surface area contributed by atoms with E-state index in [2.05, 4.69) is 30.8 Å². The Kier molecular flexibility index (Phi) is 6.77. The SMILES string of the molecule is C=C(CCC(=O)CC1=CCC(=O)c2ccccc21)C1=C(O)C(CC2CCc3ccccc3C2)C(O)=C1. The molecule has 0 heterocycles. The molecule has 0 saturated carbocycles. The van der Waals surface area contributed by atoms with Crippen LogP contribution in [0.4, 0.5) is 0 Å². The number of aliphatic hydroxyl groups excluding tert-OH is 2. The van der Waals surface area contributed by atoms with Crippen molar-refractivity contribution < 1.29 is 19.8 Å². The van der Waals surface area contributed by atoms with E-state index in [-0.39, 0.29) is 29.5 Å². The molecule has 2 atom stereocenters. The van der Waals surface area contributed by atoms with Crippen LogP contribution in [-0.4, -0.2) is 21.8 Å². The van der Waals surface area contributed by atoms with Crippen LogP contribution in [0.15, 0.2) is 89.9 Å². The predicted molar refractivity (Wildman–Crippen MR) is 142 cm³/mol. The smallest absolute Gasteiger partial charge is 0.167 e. The minimum atomic E-state index is -0.399. The van der Waals surface area contributed by atoms with Crippen LogP contribution in [0.1, 0.15) is 65.6 Å². The van der Waals surface area contributed by atoms with Gasteiger partial charge >= 0.3 is 0 Å². The molecular weight excluding hydrogens is 448 g/mol. The third kappa shape index (κ3) is 4.86. The zero-order chi connectivity index (χ0) is 25.2. The van der Waals surface area contributed by atoms with Crippen molar-refractivity contribution in [2.45, 2.75) is 51.4 Å². The van der Waals surface area contributed by atoms with E-state index in [0.29, 0.717) is 48.3 Å². The van der Waals surface area contributed by atoms with E-state index in [1.807, 2.05) is 30.3 Å². The largest absolute Gasteiger partial charge is 0.512 e. The number of allylic oxidation sites excluding steroid dienone is 5. The molecule has 2 N–H and O–H groups in total. The van der Waals surface area contributed by atoms with Crippen molar-refractivity contribution in [1.29, 1.82) is 0 Å². The van der Waals surface area contributed by atoms with Gasteiger partial charge < -0.3 is 10.2 Å². The highest BCUT2D eigenvalue weighted by atomic mass is 16.3. The van der Waals surface area contributed by atoms with E-state index in [1.165, 1.54) is 11.1 Å². The zero-order valence-corrected chi connectivity index (χ0v) is 20.5. The number of fused-ring (bicyclic) bond motifs is 2. The molecule has 0 amide bonds. The van der Waals surface area contributed by atoms with Gasteiger partial charge in [0, 0.05) is 30.4 Å². The van der Waals surface area contributed by atoms with Crippen LogP contribution in [0.5, 0.6) is 0 Å². The zero-order valence-electron chi connectivity index (χ0n) is 20.5. The Morgan fingerprint density at radius 1 is 0.972 bits per heavy atom. The maximum Gasteiger partial charge on any atom is 0.167 e. The molecule has 184 valence electrons. The number of carbonyl (C=O) groups is 2. The van der Waals surface area contributed by atoms with Crippen molar-refractivity contribution in [2.75, 3.05) is 0 Å². The minimum absolute atomic E-state index is 0.0651. The molecule has 4 nitrogen and oxygen atoms in total. The molecule has 0 aromatic heterocycles. The van der Waals surface area contributed by atoms with Gasteiger partial charge in [0.15, 0.2) is 5.78 Å². The van der Waals surface area contributed by atoms with E-state index in [9.17, 15) is 19.8 Å². The standard InChI is InChI=1S/C32H32O4/c1-20(10-14-25(33)18-24-13-15-30(34)27-9-5-4-8-26(24)27)28-19-31(35)29(32(28)36)17-21-11-12-22-6-2-3-7-23(22)16-21/h2-9,13,19,21,29,35-36H,1,10-12,14-18H2. The van der Waals surface area contributed by atoms with E-state index in [0.717, 1.165) is 30.4 Å². The Morgan fingerprint density at radius 3 is 2.50 bits per heavy atom. The second-order valence-corrected chi connectivity index (χ2v) is 10.3. The van der Waals surface area contributed by atoms with Gasteiger partial charge in [0.05, 0.1) is 5.92 Å². The van der Waals surface area contributed by atoms with Gasteiger partial charge in [0.2, 0.25) is 0 Å². The average Bonchev–Trinajstić information content (AvgIpc) is 3.17. The highest BCUT2D eigenvalue weighted by Gasteiger charge is 2.32. The third-order valence-electron chi connectivity index (χ3n) is 7.85. The van der Waals surface area contributed by atoms with E-state index in [4.69, 9.17) is 0 Å². The number of benzene rings is 2. The summed E-state index contributed by atoms with van der Waals surface area (Å²) in [5.74, 6) is 0.501. The molecule has 5 rings (SSSR count). The van der Waals surface area contributed by atoms with Crippen molar-refractivity contribution in [1.82, 2.24) is 0 Å². The summed E-state index contributed by atoms with van der Waals surface area (Å²) in [6.07, 6.45) is 8.52. The van der Waals surface area contributed by atoms with E-state index < -0.39 is 5.92 Å². The first-order valence-electron chi connectivity index (χ1n) is 12.8. The molecule has 2 unspecified atom stereocenters. The van der Waals surface area contributed by atoms with Gasteiger partial charge in [-0.05, 0) is 71.9 Å². The summed E-state index contributed by atoms with van der Waals surface area (Å²) in [6, 6.07) is 15.9. The first-order chi connectivity index (χ1) is 17.4. The lowest BCUT2D eigenvalue weighted by Gasteiger charge is -2.27. The fourth-order valence-corrected chi connectivity index (χ4v) is 5.81. The summed E-state index contributed by atoms with van der Waals surface area (Å²) in [4.78, 5) is 24.9. The molecule has 3 aliphatic carbocycles. The van der Waals surface area contributed by atoms with Gasteiger partial charge in [0.25, 0.3) is 0 Å². The number of aryl methyl sites for hydroxylation is 1. The summed E-state index contributed by atoms with van der Waals surface area (Å²) < 4.78 is 0. The van der Waals surface area contributed by atoms with Crippen LogP contribution in [-0.2, 0) is 17.6 Å². The van der Waals surface area contributed by atoms with Gasteiger partial charge in [-0.25, -0.2) is 0 Å². The van der Waals surface area contributed by atoms with Gasteiger partial charge in [-0.2, -0.15) is 0 Å². The van der Waals surface area contributed by atoms with Crippen LogP contribution >= 0.6 is 0 Å². The summed E-state index contributed by atoms with van der Waals surface area (Å²) in [5, 5.41) is 21.6. The maximum atomic E-state index is 12.8. The topological polar surface area (TPSA) is 74.6 Å². The number of carbonyl (C=O) groups excluding carboxylic acids is 2. The third-order valence-corrected chi connectivity index (χ3v) is 7.85. The Morgan fingerprint density at radius 2 is 1.69 bits per heavy atom. The Bertz CT molecular complexity index is 1320. The highest BCUT2D eigenvalue weighted by Crippen LogP contribution is 2.40. The fraction of sp³-hybridized carbons (Fsp3) is 0.312. The predicted octanol–water partition coefficient (Wildman–Crippen LogP) is 7.03. The molecule has 0 bridgehead atoms. The second-order valence-electron chi connectivity index (χ2n) is 10.3. The molecule has 0 aliphatic heterocycles. The molecule has 0 radical (unpaired) electrons. The molecular formula is C32H32O4. The summed E-state index contributed by atoms with van der Waals surface area (Å²) in [6.45, 7) is 4.11. The van der Waals surface area contributed by atoms with Crippen molar-refractivity contribution >= 4 is 17.1 Å². The van der Waals surface area contributed by atoms with Gasteiger partial charge in [-0.15, -0.1) is 0 Å². The molecule has 0 fully saturated rings. The Balaban J connectivity index is 1.18. The number of rotatable bonds is 8. The first kappa shape index (κ1) is 24.1. The van der Waals surface area contributed by atoms with E-state index >= 15 is 0 Å². The summed E-state index contributed by atoms with van der Waals surface area (Å²) in [7, 11) is 0. The number of hydrogen-bond donors (Lipinski definition) is 2. The normalized spacial score (nSPS) is 20.9. The molecule has 3 aliphatic rings. The molecule has 2 aromatic carbocycles. The monoisotopic (exact) mass is 480 g/mol. The average molecular weight is 481 g/mol.